The van der Waals surface area contributed by atoms with E-state index in [1.165, 1.54) is 7.11 Å². The van der Waals surface area contributed by atoms with E-state index in [-0.39, 0.29) is 5.91 Å². The first-order valence-electron chi connectivity index (χ1n) is 7.00. The number of carbonyl (C=O) groups is 1. The second-order valence-corrected chi connectivity index (χ2v) is 4.85. The third-order valence-electron chi connectivity index (χ3n) is 3.36. The van der Waals surface area contributed by atoms with E-state index in [1.54, 1.807) is 36.4 Å². The molecule has 2 aromatic rings. The summed E-state index contributed by atoms with van der Waals surface area (Å²) >= 11 is 0. The summed E-state index contributed by atoms with van der Waals surface area (Å²) in [5, 5.41) is 11.5. The van der Waals surface area contributed by atoms with Crippen molar-refractivity contribution in [2.75, 3.05) is 25.6 Å². The highest BCUT2D eigenvalue weighted by Gasteiger charge is 2.20. The number of benzene rings is 2. The minimum absolute atomic E-state index is 0.301. The quantitative estimate of drug-likeness (QED) is 0.942. The van der Waals surface area contributed by atoms with Gasteiger partial charge in [0, 0.05) is 11.3 Å². The summed E-state index contributed by atoms with van der Waals surface area (Å²) in [6, 6.07) is 11.9. The Morgan fingerprint density at radius 2 is 1.96 bits per heavy atom. The minimum Gasteiger partial charge on any atom is -0.493 e. The van der Waals surface area contributed by atoms with E-state index in [0.717, 1.165) is 0 Å². The van der Waals surface area contributed by atoms with Crippen LogP contribution >= 0.6 is 0 Å². The number of hydrogen-bond acceptors (Lipinski definition) is 5. The Balaban J connectivity index is 1.85. The number of amides is 1. The number of methoxy groups -OCH3 is 1. The number of fused-ring (bicyclic) bond motifs is 1. The number of carbonyl (C=O) groups excluding carboxylic acids is 1. The third kappa shape index (κ3) is 3.04. The molecule has 0 saturated heterocycles. The van der Waals surface area contributed by atoms with E-state index in [2.05, 4.69) is 5.32 Å². The van der Waals surface area contributed by atoms with Gasteiger partial charge in [0.25, 0.3) is 5.91 Å². The SMILES string of the molecule is COc1cc(C(=O)Nc2ccc(C#N)cc2)cc2c1OCCO2. The van der Waals surface area contributed by atoms with Gasteiger partial charge in [-0.05, 0) is 36.4 Å². The zero-order valence-electron chi connectivity index (χ0n) is 12.5. The van der Waals surface area contributed by atoms with E-state index >= 15 is 0 Å². The van der Waals surface area contributed by atoms with E-state index < -0.39 is 0 Å². The van der Waals surface area contributed by atoms with Gasteiger partial charge >= 0.3 is 0 Å². The fourth-order valence-electron chi connectivity index (χ4n) is 2.24. The number of nitriles is 1. The van der Waals surface area contributed by atoms with Gasteiger partial charge in [0.15, 0.2) is 11.5 Å². The van der Waals surface area contributed by atoms with Crippen molar-refractivity contribution >= 4 is 11.6 Å². The molecule has 0 bridgehead atoms. The minimum atomic E-state index is -0.301. The van der Waals surface area contributed by atoms with Crippen LogP contribution in [0.2, 0.25) is 0 Å². The molecule has 6 heteroatoms. The van der Waals surface area contributed by atoms with Crippen LogP contribution in [0.1, 0.15) is 15.9 Å². The molecule has 116 valence electrons. The first-order chi connectivity index (χ1) is 11.2. The lowest BCUT2D eigenvalue weighted by Crippen LogP contribution is -2.18. The van der Waals surface area contributed by atoms with Crippen molar-refractivity contribution in [1.29, 1.82) is 5.26 Å². The Hall–Kier alpha value is -3.20. The second-order valence-electron chi connectivity index (χ2n) is 4.85. The van der Waals surface area contributed by atoms with Crippen LogP contribution in [0, 0.1) is 11.3 Å². The largest absolute Gasteiger partial charge is 0.493 e. The van der Waals surface area contributed by atoms with Crippen LogP contribution in [0.15, 0.2) is 36.4 Å². The summed E-state index contributed by atoms with van der Waals surface area (Å²) in [4.78, 5) is 12.4. The van der Waals surface area contributed by atoms with Crippen molar-refractivity contribution in [3.8, 4) is 23.3 Å². The number of nitrogens with one attached hydrogen (secondary N) is 1. The van der Waals surface area contributed by atoms with Gasteiger partial charge in [-0.1, -0.05) is 0 Å². The lowest BCUT2D eigenvalue weighted by atomic mass is 10.1. The smallest absolute Gasteiger partial charge is 0.255 e. The number of rotatable bonds is 3. The number of ether oxygens (including phenoxy) is 3. The van der Waals surface area contributed by atoms with Gasteiger partial charge in [0.1, 0.15) is 13.2 Å². The molecule has 6 nitrogen and oxygen atoms in total. The van der Waals surface area contributed by atoms with Crippen LogP contribution in [-0.4, -0.2) is 26.2 Å². The second kappa shape index (κ2) is 6.28. The molecule has 1 amide bonds. The molecule has 1 heterocycles. The Bertz CT molecular complexity index is 761. The molecule has 0 fully saturated rings. The Kier molecular flexibility index (Phi) is 4.02. The van der Waals surface area contributed by atoms with Crippen molar-refractivity contribution in [2.45, 2.75) is 0 Å². The molecule has 0 radical (unpaired) electrons. The highest BCUT2D eigenvalue weighted by Crippen LogP contribution is 2.40. The van der Waals surface area contributed by atoms with Crippen molar-refractivity contribution in [1.82, 2.24) is 0 Å². The van der Waals surface area contributed by atoms with E-state index in [0.29, 0.717) is 47.3 Å². The summed E-state index contributed by atoms with van der Waals surface area (Å²) in [5.41, 5.74) is 1.53. The normalized spacial score (nSPS) is 12.2. The van der Waals surface area contributed by atoms with Crippen LogP contribution in [0.5, 0.6) is 17.2 Å². The molecule has 0 spiro atoms. The maximum Gasteiger partial charge on any atom is 0.255 e. The van der Waals surface area contributed by atoms with Gasteiger partial charge in [0.2, 0.25) is 5.75 Å². The van der Waals surface area contributed by atoms with Gasteiger partial charge in [-0.3, -0.25) is 4.79 Å². The lowest BCUT2D eigenvalue weighted by Gasteiger charge is -2.21. The monoisotopic (exact) mass is 310 g/mol. The van der Waals surface area contributed by atoms with Gasteiger partial charge in [0.05, 0.1) is 18.7 Å². The maximum absolute atomic E-state index is 12.4. The molecule has 0 saturated carbocycles. The highest BCUT2D eigenvalue weighted by molar-refractivity contribution is 6.05. The molecule has 0 aliphatic carbocycles. The van der Waals surface area contributed by atoms with Crippen molar-refractivity contribution in [3.63, 3.8) is 0 Å². The third-order valence-corrected chi connectivity index (χ3v) is 3.36. The molecule has 1 aliphatic rings. The summed E-state index contributed by atoms with van der Waals surface area (Å²) in [6.07, 6.45) is 0. The molecule has 3 rings (SSSR count). The van der Waals surface area contributed by atoms with Crippen LogP contribution in [-0.2, 0) is 0 Å². The summed E-state index contributed by atoms with van der Waals surface area (Å²) in [7, 11) is 1.51. The lowest BCUT2D eigenvalue weighted by molar-refractivity contribution is 0.102. The average Bonchev–Trinajstić information content (AvgIpc) is 2.61. The van der Waals surface area contributed by atoms with Crippen molar-refractivity contribution in [3.05, 3.63) is 47.5 Å². The first kappa shape index (κ1) is 14.7. The molecular weight excluding hydrogens is 296 g/mol. The van der Waals surface area contributed by atoms with Crippen LogP contribution < -0.4 is 19.5 Å². The zero-order chi connectivity index (χ0) is 16.2. The molecule has 23 heavy (non-hydrogen) atoms. The molecule has 2 aromatic carbocycles. The first-order valence-corrected chi connectivity index (χ1v) is 7.00. The van der Waals surface area contributed by atoms with E-state index in [9.17, 15) is 4.79 Å². The van der Waals surface area contributed by atoms with Crippen molar-refractivity contribution in [2.24, 2.45) is 0 Å². The summed E-state index contributed by atoms with van der Waals surface area (Å²) in [6.45, 7) is 0.872. The number of nitrogens with zero attached hydrogens (tertiary/aromatic N) is 1. The molecular formula is C17H14N2O4. The number of hydrogen-bond donors (Lipinski definition) is 1. The predicted molar refractivity (Wildman–Crippen MR) is 83.1 cm³/mol. The molecule has 1 N–H and O–H groups in total. The van der Waals surface area contributed by atoms with E-state index in [4.69, 9.17) is 19.5 Å². The van der Waals surface area contributed by atoms with Gasteiger partial charge < -0.3 is 19.5 Å². The molecule has 0 unspecified atom stereocenters. The van der Waals surface area contributed by atoms with Gasteiger partial charge in [-0.2, -0.15) is 5.26 Å². The van der Waals surface area contributed by atoms with Crippen LogP contribution in [0.3, 0.4) is 0 Å². The predicted octanol–water partition coefficient (Wildman–Crippen LogP) is 2.59. The fourth-order valence-corrected chi connectivity index (χ4v) is 2.24. The standard InChI is InChI=1S/C17H14N2O4/c1-21-14-8-12(9-15-16(14)23-7-6-22-15)17(20)19-13-4-2-11(10-18)3-5-13/h2-5,8-9H,6-7H2,1H3,(H,19,20). The zero-order valence-corrected chi connectivity index (χ0v) is 12.5. The van der Waals surface area contributed by atoms with Crippen molar-refractivity contribution < 1.29 is 19.0 Å². The Labute approximate surface area is 133 Å². The number of anilines is 1. The maximum atomic E-state index is 12.4. The van der Waals surface area contributed by atoms with Crippen LogP contribution in [0.25, 0.3) is 0 Å². The summed E-state index contributed by atoms with van der Waals surface area (Å²) in [5.74, 6) is 1.14. The summed E-state index contributed by atoms with van der Waals surface area (Å²) < 4.78 is 16.3. The highest BCUT2D eigenvalue weighted by atomic mass is 16.6. The molecule has 1 aliphatic heterocycles. The topological polar surface area (TPSA) is 80.6 Å². The fraction of sp³-hybridized carbons (Fsp3) is 0.176. The van der Waals surface area contributed by atoms with Crippen LogP contribution in [0.4, 0.5) is 5.69 Å². The van der Waals surface area contributed by atoms with E-state index in [1.807, 2.05) is 6.07 Å². The average molecular weight is 310 g/mol. The van der Waals surface area contributed by atoms with Gasteiger partial charge in [-0.25, -0.2) is 0 Å². The Morgan fingerprint density at radius 3 is 2.65 bits per heavy atom. The molecule has 0 aromatic heterocycles. The molecule has 0 atom stereocenters. The Morgan fingerprint density at radius 1 is 1.22 bits per heavy atom. The van der Waals surface area contributed by atoms with Gasteiger partial charge in [-0.15, -0.1) is 0 Å².